The monoisotopic (exact) mass is 354 g/mol. The maximum atomic E-state index is 11.4. The van der Waals surface area contributed by atoms with Gasteiger partial charge in [0.1, 0.15) is 5.75 Å². The highest BCUT2D eigenvalue weighted by atomic mass is 35.5. The molecule has 122 valence electrons. The second kappa shape index (κ2) is 7.53. The van der Waals surface area contributed by atoms with Crippen LogP contribution in [-0.2, 0) is 9.53 Å². The second-order valence-corrected chi connectivity index (χ2v) is 5.64. The van der Waals surface area contributed by atoms with E-state index in [4.69, 9.17) is 27.9 Å². The van der Waals surface area contributed by atoms with Crippen molar-refractivity contribution in [1.82, 2.24) is 4.98 Å². The Morgan fingerprint density at radius 3 is 2.48 bits per heavy atom. The summed E-state index contributed by atoms with van der Waals surface area (Å²) < 4.78 is 10.1. The van der Waals surface area contributed by atoms with Gasteiger partial charge in [-0.15, -0.1) is 0 Å². The number of methoxy groups -OCH3 is 1. The molecule has 0 aliphatic heterocycles. The van der Waals surface area contributed by atoms with Gasteiger partial charge in [0.15, 0.2) is 11.9 Å². The van der Waals surface area contributed by atoms with E-state index >= 15 is 0 Å². The summed E-state index contributed by atoms with van der Waals surface area (Å²) in [6.07, 6.45) is 0.866. The van der Waals surface area contributed by atoms with Crippen molar-refractivity contribution >= 4 is 40.7 Å². The van der Waals surface area contributed by atoms with E-state index in [1.54, 1.807) is 25.1 Å². The van der Waals surface area contributed by atoms with Gasteiger partial charge in [0, 0.05) is 18.9 Å². The van der Waals surface area contributed by atoms with E-state index in [1.807, 2.05) is 24.1 Å². The van der Waals surface area contributed by atoms with E-state index in [0.717, 1.165) is 5.69 Å². The molecule has 0 saturated carbocycles. The normalized spacial score (nSPS) is 11.7. The van der Waals surface area contributed by atoms with Crippen LogP contribution >= 0.6 is 23.2 Å². The van der Waals surface area contributed by atoms with Crippen molar-refractivity contribution in [2.45, 2.75) is 13.0 Å². The summed E-state index contributed by atoms with van der Waals surface area (Å²) in [6, 6.07) is 8.83. The zero-order valence-corrected chi connectivity index (χ0v) is 14.4. The Balaban J connectivity index is 2.14. The minimum absolute atomic E-state index is 0.427. The maximum absolute atomic E-state index is 11.4. The number of anilines is 2. The maximum Gasteiger partial charge on any atom is 0.346 e. The van der Waals surface area contributed by atoms with Gasteiger partial charge in [-0.25, -0.2) is 9.78 Å². The molecule has 0 N–H and O–H groups in total. The molecule has 7 heteroatoms. The highest BCUT2D eigenvalue weighted by Crippen LogP contribution is 2.31. The molecule has 0 bridgehead atoms. The number of hydrogen-bond acceptors (Lipinski definition) is 5. The summed E-state index contributed by atoms with van der Waals surface area (Å²) in [7, 11) is 3.16. The van der Waals surface area contributed by atoms with Gasteiger partial charge in [0.2, 0.25) is 0 Å². The number of nitrogens with zero attached hydrogens (tertiary/aromatic N) is 2. The molecule has 0 fully saturated rings. The first-order valence-corrected chi connectivity index (χ1v) is 7.57. The third-order valence-corrected chi connectivity index (χ3v) is 3.66. The van der Waals surface area contributed by atoms with E-state index in [2.05, 4.69) is 9.72 Å². The number of carbonyl (C=O) groups excluding carboxylic acids is 1. The minimum atomic E-state index is -0.670. The van der Waals surface area contributed by atoms with Crippen LogP contribution in [0, 0.1) is 0 Å². The minimum Gasteiger partial charge on any atom is -0.479 e. The Kier molecular flexibility index (Phi) is 5.69. The topological polar surface area (TPSA) is 51.7 Å². The molecule has 23 heavy (non-hydrogen) atoms. The molecular weight excluding hydrogens is 339 g/mol. The van der Waals surface area contributed by atoms with E-state index < -0.39 is 12.1 Å². The number of carbonyl (C=O) groups is 1. The zero-order chi connectivity index (χ0) is 17.0. The Bertz CT molecular complexity index is 692. The van der Waals surface area contributed by atoms with Gasteiger partial charge in [-0.05, 0) is 37.3 Å². The number of aromatic nitrogens is 1. The van der Waals surface area contributed by atoms with Gasteiger partial charge in [-0.2, -0.15) is 0 Å². The third kappa shape index (κ3) is 4.27. The number of pyridine rings is 1. The molecule has 0 amide bonds. The number of halogens is 2. The van der Waals surface area contributed by atoms with Crippen molar-refractivity contribution in [3.63, 3.8) is 0 Å². The van der Waals surface area contributed by atoms with Crippen LogP contribution in [0.4, 0.5) is 11.5 Å². The number of hydrogen-bond donors (Lipinski definition) is 0. The molecule has 0 saturated heterocycles. The van der Waals surface area contributed by atoms with Crippen LogP contribution in [0.15, 0.2) is 36.5 Å². The van der Waals surface area contributed by atoms with E-state index in [9.17, 15) is 4.79 Å². The Labute approximate surface area is 144 Å². The Morgan fingerprint density at radius 2 is 1.91 bits per heavy atom. The number of ether oxygens (including phenoxy) is 2. The van der Waals surface area contributed by atoms with Crippen LogP contribution in [0.1, 0.15) is 6.92 Å². The van der Waals surface area contributed by atoms with Gasteiger partial charge in [-0.3, -0.25) is 0 Å². The van der Waals surface area contributed by atoms with E-state index in [-0.39, 0.29) is 0 Å². The van der Waals surface area contributed by atoms with Gasteiger partial charge in [0.05, 0.1) is 17.2 Å². The van der Waals surface area contributed by atoms with E-state index in [0.29, 0.717) is 21.6 Å². The van der Waals surface area contributed by atoms with Crippen molar-refractivity contribution in [3.8, 4) is 5.75 Å². The van der Waals surface area contributed by atoms with Crippen molar-refractivity contribution in [3.05, 3.63) is 46.6 Å². The lowest BCUT2D eigenvalue weighted by atomic mass is 10.2. The summed E-state index contributed by atoms with van der Waals surface area (Å²) in [5, 5.41) is 0.937. The highest BCUT2D eigenvalue weighted by molar-refractivity contribution is 6.36. The lowest BCUT2D eigenvalue weighted by Gasteiger charge is -2.20. The molecule has 0 aliphatic carbocycles. The second-order valence-electron chi connectivity index (χ2n) is 4.80. The summed E-state index contributed by atoms with van der Waals surface area (Å²) in [6.45, 7) is 1.63. The molecule has 1 unspecified atom stereocenters. The quantitative estimate of drug-likeness (QED) is 0.756. The lowest BCUT2D eigenvalue weighted by molar-refractivity contribution is -0.147. The number of rotatable bonds is 5. The first kappa shape index (κ1) is 17.4. The predicted octanol–water partition coefficient (Wildman–Crippen LogP) is 4.10. The Hall–Kier alpha value is -1.98. The van der Waals surface area contributed by atoms with Crippen LogP contribution in [0.25, 0.3) is 0 Å². The van der Waals surface area contributed by atoms with Gasteiger partial charge in [0.25, 0.3) is 0 Å². The zero-order valence-electron chi connectivity index (χ0n) is 12.9. The SMILES string of the molecule is COC(=O)C(C)Oc1ccc(N(C)c2ncc(Cl)cc2Cl)cc1. The van der Waals surface area contributed by atoms with Crippen LogP contribution in [0.5, 0.6) is 5.75 Å². The first-order chi connectivity index (χ1) is 10.9. The molecule has 1 aromatic carbocycles. The fourth-order valence-electron chi connectivity index (χ4n) is 1.94. The molecule has 5 nitrogen and oxygen atoms in total. The molecule has 2 aromatic rings. The highest BCUT2D eigenvalue weighted by Gasteiger charge is 2.15. The molecular formula is C16H16Cl2N2O3. The standard InChI is InChI=1S/C16H16Cl2N2O3/c1-10(16(21)22-3)23-13-6-4-12(5-7-13)20(2)15-14(18)8-11(17)9-19-15/h4-10H,1-3H3. The molecule has 2 rings (SSSR count). The van der Waals surface area contributed by atoms with Crippen molar-refractivity contribution in [1.29, 1.82) is 0 Å². The van der Waals surface area contributed by atoms with Gasteiger partial charge in [-0.1, -0.05) is 23.2 Å². The summed E-state index contributed by atoms with van der Waals surface area (Å²) in [5.41, 5.74) is 0.861. The fourth-order valence-corrected chi connectivity index (χ4v) is 2.45. The van der Waals surface area contributed by atoms with Crippen molar-refractivity contribution in [2.24, 2.45) is 0 Å². The summed E-state index contributed by atoms with van der Waals surface area (Å²) in [4.78, 5) is 17.4. The summed E-state index contributed by atoms with van der Waals surface area (Å²) in [5.74, 6) is 0.728. The molecule has 1 atom stereocenters. The number of esters is 1. The molecule has 1 heterocycles. The average molecular weight is 355 g/mol. The molecule has 1 aromatic heterocycles. The summed E-state index contributed by atoms with van der Waals surface area (Å²) >= 11 is 12.0. The average Bonchev–Trinajstić information content (AvgIpc) is 2.54. The molecule has 0 radical (unpaired) electrons. The van der Waals surface area contributed by atoms with Crippen molar-refractivity contribution < 1.29 is 14.3 Å². The number of benzene rings is 1. The predicted molar refractivity (Wildman–Crippen MR) is 90.9 cm³/mol. The van der Waals surface area contributed by atoms with Crippen LogP contribution in [0.2, 0.25) is 10.0 Å². The first-order valence-electron chi connectivity index (χ1n) is 6.81. The molecule has 0 spiro atoms. The van der Waals surface area contributed by atoms with Crippen LogP contribution < -0.4 is 9.64 Å². The fraction of sp³-hybridized carbons (Fsp3) is 0.250. The third-order valence-electron chi connectivity index (χ3n) is 3.18. The van der Waals surface area contributed by atoms with Crippen LogP contribution in [0.3, 0.4) is 0 Å². The van der Waals surface area contributed by atoms with Gasteiger partial charge < -0.3 is 14.4 Å². The Morgan fingerprint density at radius 1 is 1.26 bits per heavy atom. The van der Waals surface area contributed by atoms with Gasteiger partial charge >= 0.3 is 5.97 Å². The van der Waals surface area contributed by atoms with Crippen molar-refractivity contribution in [2.75, 3.05) is 19.1 Å². The van der Waals surface area contributed by atoms with Crippen LogP contribution in [-0.4, -0.2) is 31.2 Å². The molecule has 0 aliphatic rings. The lowest BCUT2D eigenvalue weighted by Crippen LogP contribution is -2.24. The largest absolute Gasteiger partial charge is 0.479 e. The smallest absolute Gasteiger partial charge is 0.346 e. The van der Waals surface area contributed by atoms with E-state index in [1.165, 1.54) is 13.3 Å².